The Hall–Kier alpha value is -5.64. The van der Waals surface area contributed by atoms with Gasteiger partial charge in [0.2, 0.25) is 0 Å². The Balaban J connectivity index is 0.00000372. The van der Waals surface area contributed by atoms with Crippen LogP contribution in [-0.4, -0.2) is 16.2 Å². The van der Waals surface area contributed by atoms with Crippen molar-refractivity contribution in [1.29, 1.82) is 0 Å². The molecule has 1 atom stereocenters. The second kappa shape index (κ2) is 12.5. The first-order valence-electron chi connectivity index (χ1n) is 18.0. The number of hydrogen-bond acceptors (Lipinski definition) is 2. The summed E-state index contributed by atoms with van der Waals surface area (Å²) in [6.07, 6.45) is -0.0605. The van der Waals surface area contributed by atoms with E-state index in [1.807, 2.05) is 6.07 Å². The summed E-state index contributed by atoms with van der Waals surface area (Å²) in [6, 6.07) is 52.8. The molecular weight excluding hydrogens is 736 g/mol. The molecule has 0 spiro atoms. The van der Waals surface area contributed by atoms with Crippen LogP contribution >= 0.6 is 0 Å². The summed E-state index contributed by atoms with van der Waals surface area (Å²) in [5.74, 6) is 0.885. The molecule has 0 bridgehead atoms. The van der Waals surface area contributed by atoms with Gasteiger partial charge in [-0.3, -0.25) is 0 Å². The average molecular weight is 774 g/mol. The Kier molecular flexibility index (Phi) is 7.83. The standard InChI is InChI=1S/C48H38N3O.Ru/c1-29-13-10-14-33(25-29)51-43-24-23-30(2)26-39(43)41-27-40-37-18-9-7-16-35(37)34-15-6-8-17-36(34)38-19-11-21-44-48(38)50(45(40)28-46(41)51)32(4)49(44)42-20-12-22-47(52-5)31(42)3;/h6-17,19-28,32H,1-5H3;/q-1;+1/t32-;/m1./s1. The number of fused-ring (bicyclic) bond motifs is 10. The molecule has 9 aromatic rings. The van der Waals surface area contributed by atoms with E-state index in [1.165, 1.54) is 71.1 Å². The van der Waals surface area contributed by atoms with Gasteiger partial charge in [0.25, 0.3) is 0 Å². The molecule has 2 aromatic heterocycles. The summed E-state index contributed by atoms with van der Waals surface area (Å²) < 4.78 is 10.9. The molecule has 1 aliphatic rings. The molecule has 4 nitrogen and oxygen atoms in total. The Labute approximate surface area is 321 Å². The van der Waals surface area contributed by atoms with Gasteiger partial charge in [0.1, 0.15) is 11.9 Å². The molecule has 0 N–H and O–H groups in total. The van der Waals surface area contributed by atoms with E-state index in [9.17, 15) is 0 Å². The SMILES string of the molecule is COc1cccc(N2c3cccc4c5ccccc5c5ccc[c-]c5c5cc6c7cc(C)ccc7n(-c7cccc(C)c7)c6cc5n(c34)[C@@H]2C)c1C.[Ru+]. The topological polar surface area (TPSA) is 22.3 Å². The van der Waals surface area contributed by atoms with Crippen molar-refractivity contribution >= 4 is 76.5 Å². The van der Waals surface area contributed by atoms with E-state index in [4.69, 9.17) is 4.74 Å². The van der Waals surface area contributed by atoms with E-state index in [0.29, 0.717) is 0 Å². The van der Waals surface area contributed by atoms with Crippen LogP contribution in [0.2, 0.25) is 0 Å². The number of anilines is 2. The minimum atomic E-state index is -0.0605. The molecule has 53 heavy (non-hydrogen) atoms. The van der Waals surface area contributed by atoms with Crippen molar-refractivity contribution in [1.82, 2.24) is 9.13 Å². The van der Waals surface area contributed by atoms with Crippen LogP contribution < -0.4 is 9.64 Å². The summed E-state index contributed by atoms with van der Waals surface area (Å²) >= 11 is 0. The van der Waals surface area contributed by atoms with Gasteiger partial charge in [-0.2, -0.15) is 0 Å². The first-order chi connectivity index (χ1) is 25.4. The Morgan fingerprint density at radius 1 is 0.566 bits per heavy atom. The summed E-state index contributed by atoms with van der Waals surface area (Å²) in [5, 5.41) is 9.57. The average Bonchev–Trinajstić information content (AvgIpc) is 3.65. The van der Waals surface area contributed by atoms with Crippen molar-refractivity contribution in [3.05, 3.63) is 156 Å². The molecule has 5 heteroatoms. The molecule has 0 saturated carbocycles. The molecule has 0 saturated heterocycles. The number of aryl methyl sites for hydroxylation is 2. The fourth-order valence-electron chi connectivity index (χ4n) is 8.89. The number of nitrogens with zero attached hydrogens (tertiary/aromatic N) is 3. The predicted molar refractivity (Wildman–Crippen MR) is 219 cm³/mol. The Morgan fingerprint density at radius 3 is 2.08 bits per heavy atom. The van der Waals surface area contributed by atoms with Gasteiger partial charge in [0.15, 0.2) is 0 Å². The van der Waals surface area contributed by atoms with E-state index in [0.717, 1.165) is 33.6 Å². The second-order valence-electron chi connectivity index (χ2n) is 14.2. The number of rotatable bonds is 3. The molecule has 10 rings (SSSR count). The molecule has 1 aliphatic heterocycles. The number of benzene rings is 7. The molecule has 7 aromatic carbocycles. The number of aromatic nitrogens is 2. The van der Waals surface area contributed by atoms with Crippen LogP contribution in [0.15, 0.2) is 133 Å². The third-order valence-corrected chi connectivity index (χ3v) is 11.2. The maximum atomic E-state index is 5.86. The normalized spacial score (nSPS) is 13.8. The third-order valence-electron chi connectivity index (χ3n) is 11.2. The minimum Gasteiger partial charge on any atom is -0.496 e. The zero-order chi connectivity index (χ0) is 35.2. The Morgan fingerprint density at radius 2 is 1.26 bits per heavy atom. The number of methoxy groups -OCH3 is 1. The zero-order valence-corrected chi connectivity index (χ0v) is 32.1. The van der Waals surface area contributed by atoms with Gasteiger partial charge < -0.3 is 18.8 Å². The van der Waals surface area contributed by atoms with Gasteiger partial charge in [0.05, 0.1) is 29.3 Å². The van der Waals surface area contributed by atoms with E-state index in [2.05, 4.69) is 175 Å². The van der Waals surface area contributed by atoms with Crippen LogP contribution in [-0.2, 0) is 19.5 Å². The predicted octanol–water partition coefficient (Wildman–Crippen LogP) is 12.7. The molecule has 0 aliphatic carbocycles. The maximum Gasteiger partial charge on any atom is 1.00 e. The van der Waals surface area contributed by atoms with Gasteiger partial charge >= 0.3 is 19.5 Å². The van der Waals surface area contributed by atoms with Crippen LogP contribution in [0, 0.1) is 26.8 Å². The van der Waals surface area contributed by atoms with E-state index in [1.54, 1.807) is 7.11 Å². The van der Waals surface area contributed by atoms with Crippen LogP contribution in [0.5, 0.6) is 5.75 Å². The van der Waals surface area contributed by atoms with Crippen molar-refractivity contribution in [2.24, 2.45) is 0 Å². The molecule has 259 valence electrons. The minimum absolute atomic E-state index is 0. The Bertz CT molecular complexity index is 3020. The van der Waals surface area contributed by atoms with E-state index >= 15 is 0 Å². The van der Waals surface area contributed by atoms with Crippen molar-refractivity contribution in [3.8, 4) is 11.4 Å². The summed E-state index contributed by atoms with van der Waals surface area (Å²) in [6.45, 7) is 8.85. The van der Waals surface area contributed by atoms with Gasteiger partial charge in [-0.15, -0.1) is 35.0 Å². The molecule has 0 unspecified atom stereocenters. The molecular formula is C48H38N3ORu. The summed E-state index contributed by atoms with van der Waals surface area (Å²) in [4.78, 5) is 2.49. The van der Waals surface area contributed by atoms with Gasteiger partial charge in [-0.25, -0.2) is 0 Å². The zero-order valence-electron chi connectivity index (χ0n) is 30.4. The fourth-order valence-corrected chi connectivity index (χ4v) is 8.89. The first kappa shape index (κ1) is 33.2. The molecule has 1 radical (unpaired) electrons. The molecule has 0 amide bonds. The summed E-state index contributed by atoms with van der Waals surface area (Å²) in [5.41, 5.74) is 11.8. The second-order valence-corrected chi connectivity index (χ2v) is 14.2. The molecule has 0 fully saturated rings. The largest absolute Gasteiger partial charge is 1.00 e. The van der Waals surface area contributed by atoms with Crippen LogP contribution in [0.1, 0.15) is 29.8 Å². The van der Waals surface area contributed by atoms with Gasteiger partial charge in [-0.1, -0.05) is 83.1 Å². The van der Waals surface area contributed by atoms with Crippen LogP contribution in [0.3, 0.4) is 0 Å². The van der Waals surface area contributed by atoms with Gasteiger partial charge in [-0.05, 0) is 92.6 Å². The van der Waals surface area contributed by atoms with Crippen molar-refractivity contribution in [2.45, 2.75) is 33.9 Å². The maximum absolute atomic E-state index is 5.86. The van der Waals surface area contributed by atoms with Crippen LogP contribution in [0.25, 0.3) is 70.8 Å². The number of ether oxygens (including phenoxy) is 1. The quantitative estimate of drug-likeness (QED) is 0.132. The van der Waals surface area contributed by atoms with Crippen molar-refractivity contribution < 1.29 is 24.2 Å². The molecule has 3 heterocycles. The fraction of sp³-hybridized carbons (Fsp3) is 0.125. The smallest absolute Gasteiger partial charge is 0.496 e. The third kappa shape index (κ3) is 4.84. The first-order valence-corrected chi connectivity index (χ1v) is 18.0. The van der Waals surface area contributed by atoms with Crippen LogP contribution in [0.4, 0.5) is 11.4 Å². The van der Waals surface area contributed by atoms with E-state index < -0.39 is 0 Å². The number of para-hydroxylation sites is 1. The van der Waals surface area contributed by atoms with Crippen molar-refractivity contribution in [2.75, 3.05) is 12.0 Å². The summed E-state index contributed by atoms with van der Waals surface area (Å²) in [7, 11) is 1.76. The number of hydrogen-bond donors (Lipinski definition) is 0. The van der Waals surface area contributed by atoms with Crippen molar-refractivity contribution in [3.63, 3.8) is 0 Å². The van der Waals surface area contributed by atoms with E-state index in [-0.39, 0.29) is 25.6 Å². The van der Waals surface area contributed by atoms with Gasteiger partial charge in [0, 0.05) is 33.2 Å². The monoisotopic (exact) mass is 774 g/mol.